The van der Waals surface area contributed by atoms with Gasteiger partial charge < -0.3 is 9.32 Å². The SMILES string of the molecule is O=C(c1cccc([N+](=O)[O-])c1)N(Cc1ccc(F)cc1)Cc1coc2ccccc2c1=O. The van der Waals surface area contributed by atoms with Crippen molar-refractivity contribution in [3.05, 3.63) is 122 Å². The number of carbonyl (C=O) groups excluding carboxylic acids is 1. The molecule has 0 aliphatic carbocycles. The van der Waals surface area contributed by atoms with Crippen LogP contribution in [0, 0.1) is 15.9 Å². The molecule has 1 aromatic heterocycles. The number of hydrogen-bond donors (Lipinski definition) is 0. The lowest BCUT2D eigenvalue weighted by Gasteiger charge is -2.23. The third-order valence-corrected chi connectivity index (χ3v) is 4.99. The summed E-state index contributed by atoms with van der Waals surface area (Å²) in [6, 6.07) is 17.8. The number of amides is 1. The molecule has 0 fully saturated rings. The third-order valence-electron chi connectivity index (χ3n) is 4.99. The predicted molar refractivity (Wildman–Crippen MR) is 116 cm³/mol. The molecule has 0 unspecified atom stereocenters. The number of fused-ring (bicyclic) bond motifs is 1. The van der Waals surface area contributed by atoms with Crippen molar-refractivity contribution in [1.82, 2.24) is 4.90 Å². The lowest BCUT2D eigenvalue weighted by molar-refractivity contribution is -0.384. The van der Waals surface area contributed by atoms with Gasteiger partial charge in [-0.3, -0.25) is 19.7 Å². The molecule has 0 radical (unpaired) electrons. The highest BCUT2D eigenvalue weighted by Gasteiger charge is 2.21. The Morgan fingerprint density at radius 1 is 1.00 bits per heavy atom. The topological polar surface area (TPSA) is 93.7 Å². The van der Waals surface area contributed by atoms with E-state index in [2.05, 4.69) is 0 Å². The molecule has 0 aliphatic heterocycles. The number of rotatable bonds is 6. The van der Waals surface area contributed by atoms with Gasteiger partial charge in [-0.05, 0) is 35.9 Å². The number of nitro groups is 1. The summed E-state index contributed by atoms with van der Waals surface area (Å²) in [6.07, 6.45) is 1.31. The highest BCUT2D eigenvalue weighted by molar-refractivity contribution is 5.94. The van der Waals surface area contributed by atoms with Crippen molar-refractivity contribution in [2.24, 2.45) is 0 Å². The number of para-hydroxylation sites is 1. The number of non-ortho nitro benzene ring substituents is 1. The van der Waals surface area contributed by atoms with Crippen LogP contribution >= 0.6 is 0 Å². The van der Waals surface area contributed by atoms with Gasteiger partial charge in [0.25, 0.3) is 11.6 Å². The first kappa shape index (κ1) is 20.9. The van der Waals surface area contributed by atoms with E-state index in [4.69, 9.17) is 4.42 Å². The maximum atomic E-state index is 13.3. The van der Waals surface area contributed by atoms with Crippen LogP contribution in [-0.4, -0.2) is 15.7 Å². The van der Waals surface area contributed by atoms with Gasteiger partial charge in [0.1, 0.15) is 11.4 Å². The average Bonchev–Trinajstić information content (AvgIpc) is 2.81. The number of halogens is 1. The van der Waals surface area contributed by atoms with Crippen LogP contribution in [0.1, 0.15) is 21.5 Å². The van der Waals surface area contributed by atoms with Crippen molar-refractivity contribution in [3.8, 4) is 0 Å². The molecule has 0 spiro atoms. The minimum atomic E-state index is -0.584. The van der Waals surface area contributed by atoms with Crippen molar-refractivity contribution in [2.45, 2.75) is 13.1 Å². The van der Waals surface area contributed by atoms with Crippen molar-refractivity contribution in [2.75, 3.05) is 0 Å². The van der Waals surface area contributed by atoms with Gasteiger partial charge in [-0.15, -0.1) is 0 Å². The zero-order valence-corrected chi connectivity index (χ0v) is 16.7. The quantitative estimate of drug-likeness (QED) is 0.326. The van der Waals surface area contributed by atoms with E-state index < -0.39 is 16.6 Å². The summed E-state index contributed by atoms with van der Waals surface area (Å²) in [6.45, 7) is -0.0276. The van der Waals surface area contributed by atoms with E-state index in [1.54, 1.807) is 24.3 Å². The molecule has 1 amide bonds. The van der Waals surface area contributed by atoms with Gasteiger partial charge >= 0.3 is 0 Å². The zero-order chi connectivity index (χ0) is 22.7. The van der Waals surface area contributed by atoms with E-state index in [-0.39, 0.29) is 35.3 Å². The maximum absolute atomic E-state index is 13.3. The molecular weight excluding hydrogens is 415 g/mol. The summed E-state index contributed by atoms with van der Waals surface area (Å²) in [5, 5.41) is 11.5. The fourth-order valence-corrected chi connectivity index (χ4v) is 3.38. The van der Waals surface area contributed by atoms with E-state index in [0.717, 1.165) is 0 Å². The van der Waals surface area contributed by atoms with Gasteiger partial charge in [0.15, 0.2) is 5.43 Å². The second-order valence-corrected chi connectivity index (χ2v) is 7.18. The first-order valence-electron chi connectivity index (χ1n) is 9.70. The summed E-state index contributed by atoms with van der Waals surface area (Å²) in [4.78, 5) is 38.1. The molecule has 32 heavy (non-hydrogen) atoms. The van der Waals surface area contributed by atoms with E-state index >= 15 is 0 Å². The maximum Gasteiger partial charge on any atom is 0.270 e. The van der Waals surface area contributed by atoms with Crippen LogP contribution in [0.2, 0.25) is 0 Å². The molecule has 8 heteroatoms. The Morgan fingerprint density at radius 3 is 2.50 bits per heavy atom. The molecule has 160 valence electrons. The van der Waals surface area contributed by atoms with Crippen molar-refractivity contribution < 1.29 is 18.5 Å². The number of nitrogens with zero attached hydrogens (tertiary/aromatic N) is 2. The van der Waals surface area contributed by atoms with E-state index in [1.165, 1.54) is 59.7 Å². The summed E-state index contributed by atoms with van der Waals surface area (Å²) in [5.74, 6) is -0.925. The molecular formula is C24H17FN2O5. The first-order valence-corrected chi connectivity index (χ1v) is 9.70. The molecule has 4 aromatic rings. The smallest absolute Gasteiger partial charge is 0.270 e. The highest BCUT2D eigenvalue weighted by Crippen LogP contribution is 2.19. The third kappa shape index (κ3) is 4.39. The number of hydrogen-bond acceptors (Lipinski definition) is 5. The molecule has 7 nitrogen and oxygen atoms in total. The number of benzene rings is 3. The van der Waals surface area contributed by atoms with Crippen molar-refractivity contribution >= 4 is 22.6 Å². The molecule has 3 aromatic carbocycles. The Morgan fingerprint density at radius 2 is 1.75 bits per heavy atom. The molecule has 0 saturated heterocycles. The van der Waals surface area contributed by atoms with Crippen molar-refractivity contribution in [1.29, 1.82) is 0 Å². The largest absolute Gasteiger partial charge is 0.464 e. The Labute approximate surface area is 181 Å². The first-order chi connectivity index (χ1) is 15.4. The molecule has 1 heterocycles. The molecule has 0 N–H and O–H groups in total. The van der Waals surface area contributed by atoms with Gasteiger partial charge in [-0.1, -0.05) is 30.3 Å². The molecule has 0 atom stereocenters. The summed E-state index contributed by atoms with van der Waals surface area (Å²) in [7, 11) is 0. The Kier molecular flexibility index (Phi) is 5.76. The second kappa shape index (κ2) is 8.81. The summed E-state index contributed by atoms with van der Waals surface area (Å²) in [5.41, 5.74) is 0.924. The number of nitro benzene ring substituents is 1. The van der Waals surface area contributed by atoms with Gasteiger partial charge in [0.05, 0.1) is 28.7 Å². The molecule has 0 aliphatic rings. The predicted octanol–water partition coefficient (Wildman–Crippen LogP) is 4.68. The van der Waals surface area contributed by atoms with Crippen LogP contribution in [0.3, 0.4) is 0 Å². The lowest BCUT2D eigenvalue weighted by Crippen LogP contribution is -2.32. The molecule has 0 saturated carbocycles. The van der Waals surface area contributed by atoms with Crippen LogP contribution < -0.4 is 5.43 Å². The van der Waals surface area contributed by atoms with Crippen LogP contribution in [-0.2, 0) is 13.1 Å². The Bertz CT molecular complexity index is 1360. The molecule has 0 bridgehead atoms. The van der Waals surface area contributed by atoms with Crippen LogP contribution in [0.15, 0.2) is 88.3 Å². The second-order valence-electron chi connectivity index (χ2n) is 7.18. The van der Waals surface area contributed by atoms with Gasteiger partial charge in [-0.2, -0.15) is 0 Å². The van der Waals surface area contributed by atoms with Gasteiger partial charge in [0, 0.05) is 24.2 Å². The fraction of sp³-hybridized carbons (Fsp3) is 0.0833. The monoisotopic (exact) mass is 432 g/mol. The van der Waals surface area contributed by atoms with Crippen LogP contribution in [0.5, 0.6) is 0 Å². The molecule has 4 rings (SSSR count). The Balaban J connectivity index is 1.72. The minimum absolute atomic E-state index is 0.0636. The van der Waals surface area contributed by atoms with Crippen molar-refractivity contribution in [3.63, 3.8) is 0 Å². The Hall–Kier alpha value is -4.33. The standard InChI is InChI=1S/C24H17FN2O5/c25-19-10-8-16(9-11-19)13-26(24(29)17-4-3-5-20(12-17)27(30)31)14-18-15-32-22-7-2-1-6-21(22)23(18)28/h1-12,15H,13-14H2. The lowest BCUT2D eigenvalue weighted by atomic mass is 10.1. The minimum Gasteiger partial charge on any atom is -0.464 e. The van der Waals surface area contributed by atoms with E-state index in [1.807, 2.05) is 0 Å². The summed E-state index contributed by atoms with van der Waals surface area (Å²) >= 11 is 0. The van der Waals surface area contributed by atoms with E-state index in [9.17, 15) is 24.1 Å². The number of carbonyl (C=O) groups is 1. The van der Waals surface area contributed by atoms with Crippen LogP contribution in [0.4, 0.5) is 10.1 Å². The van der Waals surface area contributed by atoms with Gasteiger partial charge in [-0.25, -0.2) is 4.39 Å². The normalized spacial score (nSPS) is 10.8. The van der Waals surface area contributed by atoms with Gasteiger partial charge in [0.2, 0.25) is 0 Å². The van der Waals surface area contributed by atoms with Crippen LogP contribution in [0.25, 0.3) is 11.0 Å². The zero-order valence-electron chi connectivity index (χ0n) is 16.7. The van der Waals surface area contributed by atoms with E-state index in [0.29, 0.717) is 16.5 Å². The highest BCUT2D eigenvalue weighted by atomic mass is 19.1. The summed E-state index contributed by atoms with van der Waals surface area (Å²) < 4.78 is 18.9. The average molecular weight is 432 g/mol. The fourth-order valence-electron chi connectivity index (χ4n) is 3.38.